The van der Waals surface area contributed by atoms with Crippen molar-refractivity contribution < 1.29 is 39.9 Å². The summed E-state index contributed by atoms with van der Waals surface area (Å²) in [5, 5.41) is 57.5. The summed E-state index contributed by atoms with van der Waals surface area (Å²) >= 11 is 0. The van der Waals surface area contributed by atoms with Crippen LogP contribution in [0.5, 0.6) is 5.75 Å². The molecule has 5 rings (SSSR count). The minimum absolute atomic E-state index is 0.0512. The first kappa shape index (κ1) is 27.4. The SMILES string of the molecule is CC1c2ccc(C3(C)CCCCC3)c(O)c2C(O)=C2C(=O)C3(O)C(O)=C(C(N)=O)C(=O)C(N(C)C)C3C(O)C21. The summed E-state index contributed by atoms with van der Waals surface area (Å²) in [4.78, 5) is 40.9. The molecular weight excluding hydrogens is 504 g/mol. The van der Waals surface area contributed by atoms with Crippen LogP contribution in [0.25, 0.3) is 5.76 Å². The number of hydrogen-bond donors (Lipinski definition) is 6. The Kier molecular flexibility index (Phi) is 6.25. The van der Waals surface area contributed by atoms with E-state index < -0.39 is 70.1 Å². The molecule has 10 heteroatoms. The molecule has 39 heavy (non-hydrogen) atoms. The van der Waals surface area contributed by atoms with Gasteiger partial charge in [0.05, 0.1) is 23.6 Å². The van der Waals surface area contributed by atoms with Gasteiger partial charge in [0.2, 0.25) is 5.78 Å². The van der Waals surface area contributed by atoms with Gasteiger partial charge in [-0.15, -0.1) is 0 Å². The highest BCUT2D eigenvalue weighted by molar-refractivity contribution is 6.24. The van der Waals surface area contributed by atoms with E-state index in [1.165, 1.54) is 19.0 Å². The number of carbonyl (C=O) groups is 3. The lowest BCUT2D eigenvalue weighted by Gasteiger charge is -2.53. The van der Waals surface area contributed by atoms with E-state index in [-0.39, 0.29) is 22.3 Å². The number of phenols is 1. The Morgan fingerprint density at radius 2 is 1.69 bits per heavy atom. The van der Waals surface area contributed by atoms with E-state index >= 15 is 0 Å². The molecule has 4 aliphatic rings. The first-order chi connectivity index (χ1) is 18.2. The van der Waals surface area contributed by atoms with Crippen LogP contribution in [0.4, 0.5) is 0 Å². The Labute approximate surface area is 226 Å². The quantitative estimate of drug-likeness (QED) is 0.311. The number of aromatic hydroxyl groups is 1. The highest BCUT2D eigenvalue weighted by Crippen LogP contribution is 2.57. The summed E-state index contributed by atoms with van der Waals surface area (Å²) in [5.74, 6) is -8.65. The Hall–Kier alpha value is -3.21. The van der Waals surface area contributed by atoms with Crippen LogP contribution >= 0.6 is 0 Å². The van der Waals surface area contributed by atoms with Gasteiger partial charge in [-0.3, -0.25) is 19.3 Å². The van der Waals surface area contributed by atoms with Gasteiger partial charge in [0.25, 0.3) is 5.91 Å². The number of aliphatic hydroxyl groups is 4. The van der Waals surface area contributed by atoms with Gasteiger partial charge in [0.15, 0.2) is 11.4 Å². The Bertz CT molecular complexity index is 1350. The zero-order valence-corrected chi connectivity index (χ0v) is 22.6. The van der Waals surface area contributed by atoms with Gasteiger partial charge in [-0.1, -0.05) is 45.2 Å². The molecule has 2 fully saturated rings. The molecular formula is C29H36N2O8. The molecule has 0 spiro atoms. The largest absolute Gasteiger partial charge is 0.508 e. The number of aliphatic hydroxyl groups excluding tert-OH is 3. The Morgan fingerprint density at radius 1 is 1.08 bits per heavy atom. The van der Waals surface area contributed by atoms with E-state index in [1.54, 1.807) is 13.0 Å². The van der Waals surface area contributed by atoms with Gasteiger partial charge >= 0.3 is 0 Å². The van der Waals surface area contributed by atoms with E-state index in [0.717, 1.165) is 32.1 Å². The fourth-order valence-corrected chi connectivity index (χ4v) is 7.70. The second-order valence-corrected chi connectivity index (χ2v) is 12.1. The molecule has 0 bridgehead atoms. The van der Waals surface area contributed by atoms with Crippen LogP contribution in [0.1, 0.15) is 68.6 Å². The first-order valence-electron chi connectivity index (χ1n) is 13.4. The maximum Gasteiger partial charge on any atom is 0.255 e. The predicted molar refractivity (Wildman–Crippen MR) is 141 cm³/mol. The molecule has 10 nitrogen and oxygen atoms in total. The minimum atomic E-state index is -2.91. The molecule has 210 valence electrons. The second kappa shape index (κ2) is 8.90. The van der Waals surface area contributed by atoms with Gasteiger partial charge in [0, 0.05) is 17.1 Å². The van der Waals surface area contributed by atoms with Gasteiger partial charge in [-0.2, -0.15) is 0 Å². The molecule has 4 aliphatic carbocycles. The molecule has 1 aromatic carbocycles. The predicted octanol–water partition coefficient (Wildman–Crippen LogP) is 1.72. The van der Waals surface area contributed by atoms with Crippen LogP contribution in [0, 0.1) is 11.8 Å². The zero-order chi connectivity index (χ0) is 28.8. The molecule has 0 saturated heterocycles. The van der Waals surface area contributed by atoms with Gasteiger partial charge in [-0.05, 0) is 43.8 Å². The highest BCUT2D eigenvalue weighted by Gasteiger charge is 2.68. The number of carbonyl (C=O) groups excluding carboxylic acids is 3. The van der Waals surface area contributed by atoms with Crippen LogP contribution in [0.2, 0.25) is 0 Å². The van der Waals surface area contributed by atoms with Crippen molar-refractivity contribution in [2.75, 3.05) is 14.1 Å². The van der Waals surface area contributed by atoms with Gasteiger partial charge in [-0.25, -0.2) is 0 Å². The fraction of sp³-hybridized carbons (Fsp3) is 0.552. The van der Waals surface area contributed by atoms with Crippen molar-refractivity contribution in [3.8, 4) is 5.75 Å². The second-order valence-electron chi connectivity index (χ2n) is 12.1. The third kappa shape index (κ3) is 3.47. The molecule has 0 aliphatic heterocycles. The van der Waals surface area contributed by atoms with Crippen LogP contribution < -0.4 is 5.73 Å². The number of likely N-dealkylation sites (N-methyl/N-ethyl adjacent to an activating group) is 1. The summed E-state index contributed by atoms with van der Waals surface area (Å²) in [6.45, 7) is 3.79. The third-order valence-electron chi connectivity index (χ3n) is 9.74. The van der Waals surface area contributed by atoms with E-state index in [2.05, 4.69) is 6.92 Å². The number of rotatable bonds is 3. The topological polar surface area (TPSA) is 182 Å². The third-order valence-corrected chi connectivity index (χ3v) is 9.74. The standard InChI is InChI=1S/C29H36N2O8/c1-12-13-8-9-14(28(2)10-6-5-7-11-28)21(32)16(13)22(33)17-15(12)23(34)19-20(31(3)4)24(35)18(27(30)38)26(37)29(19,39)25(17)36/h8-9,12,15,19-20,23,32-34,37,39H,5-7,10-11H2,1-4H3,(H2,30,38). The van der Waals surface area contributed by atoms with Crippen LogP contribution in [-0.4, -0.2) is 79.7 Å². The minimum Gasteiger partial charge on any atom is -0.508 e. The molecule has 0 heterocycles. The van der Waals surface area contributed by atoms with Crippen molar-refractivity contribution in [3.05, 3.63) is 45.7 Å². The number of amides is 1. The van der Waals surface area contributed by atoms with Crippen molar-refractivity contribution >= 4 is 23.2 Å². The van der Waals surface area contributed by atoms with Crippen molar-refractivity contribution in [1.82, 2.24) is 4.90 Å². The molecule has 1 amide bonds. The lowest BCUT2D eigenvalue weighted by Crippen LogP contribution is -2.70. The van der Waals surface area contributed by atoms with E-state index in [0.29, 0.717) is 11.1 Å². The number of hydrogen-bond acceptors (Lipinski definition) is 9. The molecule has 7 N–H and O–H groups in total. The van der Waals surface area contributed by atoms with Crippen molar-refractivity contribution in [2.24, 2.45) is 17.6 Å². The number of primary amides is 1. The van der Waals surface area contributed by atoms with Crippen LogP contribution in [0.3, 0.4) is 0 Å². The average molecular weight is 541 g/mol. The van der Waals surface area contributed by atoms with Crippen LogP contribution in [0.15, 0.2) is 29.0 Å². The zero-order valence-electron chi connectivity index (χ0n) is 22.6. The van der Waals surface area contributed by atoms with Crippen molar-refractivity contribution in [1.29, 1.82) is 0 Å². The number of fused-ring (bicyclic) bond motifs is 3. The number of Topliss-reactive ketones (excluding diaryl/α,β-unsaturated/α-hetero) is 2. The molecule has 0 aromatic heterocycles. The number of ketones is 2. The molecule has 0 radical (unpaired) electrons. The summed E-state index contributed by atoms with van der Waals surface area (Å²) < 4.78 is 0. The van der Waals surface area contributed by atoms with Crippen LogP contribution in [-0.2, 0) is 19.8 Å². The summed E-state index contributed by atoms with van der Waals surface area (Å²) in [6, 6.07) is 2.26. The maximum absolute atomic E-state index is 14.1. The number of phenolic OH excluding ortho intramolecular Hbond substituents is 1. The summed E-state index contributed by atoms with van der Waals surface area (Å²) in [5.41, 5.74) is 2.03. The average Bonchev–Trinajstić information content (AvgIpc) is 2.86. The number of nitrogens with two attached hydrogens (primary N) is 1. The number of benzene rings is 1. The van der Waals surface area contributed by atoms with E-state index in [1.807, 2.05) is 6.07 Å². The Balaban J connectivity index is 1.76. The molecule has 1 aromatic rings. The maximum atomic E-state index is 14.1. The number of nitrogens with zero attached hydrogens (tertiary/aromatic N) is 1. The van der Waals surface area contributed by atoms with Gasteiger partial charge < -0.3 is 31.3 Å². The molecule has 6 atom stereocenters. The summed E-state index contributed by atoms with van der Waals surface area (Å²) in [6.07, 6.45) is 3.19. The fourth-order valence-electron chi connectivity index (χ4n) is 7.70. The smallest absolute Gasteiger partial charge is 0.255 e. The first-order valence-corrected chi connectivity index (χ1v) is 13.4. The molecule has 2 saturated carbocycles. The van der Waals surface area contributed by atoms with E-state index in [9.17, 15) is 39.9 Å². The summed E-state index contributed by atoms with van der Waals surface area (Å²) in [7, 11) is 2.96. The Morgan fingerprint density at radius 3 is 2.26 bits per heavy atom. The molecule has 6 unspecified atom stereocenters. The lowest BCUT2D eigenvalue weighted by molar-refractivity contribution is -0.169. The van der Waals surface area contributed by atoms with Crippen molar-refractivity contribution in [2.45, 2.75) is 75.0 Å². The van der Waals surface area contributed by atoms with Gasteiger partial charge in [0.1, 0.15) is 22.8 Å². The highest BCUT2D eigenvalue weighted by atomic mass is 16.4. The normalized spacial score (nSPS) is 34.1. The lowest BCUT2D eigenvalue weighted by atomic mass is 9.54. The van der Waals surface area contributed by atoms with Crippen molar-refractivity contribution in [3.63, 3.8) is 0 Å². The van der Waals surface area contributed by atoms with E-state index in [4.69, 9.17) is 5.73 Å². The monoisotopic (exact) mass is 540 g/mol.